The van der Waals surface area contributed by atoms with Crippen molar-refractivity contribution in [3.63, 3.8) is 0 Å². The number of aldehydes is 1. The Balaban J connectivity index is 0.000000448. The number of aromatic amines is 1. The number of imidazole rings is 1. The summed E-state index contributed by atoms with van der Waals surface area (Å²) in [7, 11) is 3.31. The number of ether oxygens (including phenoxy) is 1. The molecule has 1 saturated carbocycles. The van der Waals surface area contributed by atoms with E-state index in [9.17, 15) is 9.59 Å². The first-order valence-electron chi connectivity index (χ1n) is 8.91. The number of methoxy groups -OCH3 is 1. The number of alkyl carbamates (subject to hydrolysis) is 1. The molecule has 0 aromatic carbocycles. The highest BCUT2D eigenvalue weighted by molar-refractivity contribution is 5.70. The largest absolute Gasteiger partial charge is 0.453 e. The number of nitrogens with zero attached hydrogens (tertiary/aromatic N) is 1. The number of hydrogen-bond acceptors (Lipinski definition) is 5. The second kappa shape index (κ2) is 13.4. The van der Waals surface area contributed by atoms with Crippen LogP contribution in [0, 0.1) is 6.92 Å². The SMILES string of the molecule is CCC.CNC1(Cc2ncc(C)[nH]2)CCCC1.COC(=O)NCC=O. The number of carbonyl (C=O) groups is 2. The van der Waals surface area contributed by atoms with Crippen molar-refractivity contribution in [3.05, 3.63) is 17.7 Å². The van der Waals surface area contributed by atoms with Crippen molar-refractivity contribution in [1.82, 2.24) is 20.6 Å². The molecule has 1 aromatic rings. The van der Waals surface area contributed by atoms with Crippen molar-refractivity contribution < 1.29 is 14.3 Å². The lowest BCUT2D eigenvalue weighted by Gasteiger charge is -2.27. The van der Waals surface area contributed by atoms with Crippen LogP contribution >= 0.6 is 0 Å². The molecule has 1 heterocycles. The fourth-order valence-electron chi connectivity index (χ4n) is 2.64. The number of hydrogen-bond donors (Lipinski definition) is 3. The number of aromatic nitrogens is 2. The van der Waals surface area contributed by atoms with Crippen molar-refractivity contribution in [1.29, 1.82) is 0 Å². The van der Waals surface area contributed by atoms with Crippen molar-refractivity contribution >= 4 is 12.4 Å². The lowest BCUT2D eigenvalue weighted by molar-refractivity contribution is -0.107. The Kier molecular flexibility index (Phi) is 12.4. The van der Waals surface area contributed by atoms with Gasteiger partial charge in [-0.1, -0.05) is 33.1 Å². The van der Waals surface area contributed by atoms with Gasteiger partial charge in [0.1, 0.15) is 12.1 Å². The smallest absolute Gasteiger partial charge is 0.407 e. The monoisotopic (exact) mass is 354 g/mol. The Morgan fingerprint density at radius 3 is 2.40 bits per heavy atom. The van der Waals surface area contributed by atoms with Crippen LogP contribution in [0.5, 0.6) is 0 Å². The minimum Gasteiger partial charge on any atom is -0.453 e. The van der Waals surface area contributed by atoms with Crippen LogP contribution in [0.15, 0.2) is 6.20 Å². The van der Waals surface area contributed by atoms with E-state index in [-0.39, 0.29) is 6.54 Å². The molecule has 0 spiro atoms. The Morgan fingerprint density at radius 1 is 1.40 bits per heavy atom. The fourth-order valence-corrected chi connectivity index (χ4v) is 2.64. The standard InChI is InChI=1S/C11H19N3.C4H7NO3.C3H8/c1-9-8-13-10(14-9)7-11(12-2)5-3-4-6-11;1-8-4(7)5-2-3-6;1-3-2/h8,12H,3-7H2,1-2H3,(H,13,14);3H,2H2,1H3,(H,5,7);3H2,1-2H3. The van der Waals surface area contributed by atoms with Crippen LogP contribution in [0.1, 0.15) is 57.5 Å². The molecule has 3 N–H and O–H groups in total. The van der Waals surface area contributed by atoms with Crippen molar-refractivity contribution in [2.45, 2.75) is 64.8 Å². The molecular weight excluding hydrogens is 320 g/mol. The van der Waals surface area contributed by atoms with E-state index in [1.165, 1.54) is 39.2 Å². The van der Waals surface area contributed by atoms with E-state index in [0.29, 0.717) is 11.8 Å². The predicted octanol–water partition coefficient (Wildman–Crippen LogP) is 2.75. The highest BCUT2D eigenvalue weighted by Gasteiger charge is 2.32. The summed E-state index contributed by atoms with van der Waals surface area (Å²) < 4.78 is 4.14. The van der Waals surface area contributed by atoms with Crippen molar-refractivity contribution in [3.8, 4) is 0 Å². The van der Waals surface area contributed by atoms with E-state index in [2.05, 4.69) is 53.2 Å². The van der Waals surface area contributed by atoms with E-state index < -0.39 is 6.09 Å². The van der Waals surface area contributed by atoms with Crippen molar-refractivity contribution in [2.24, 2.45) is 0 Å². The van der Waals surface area contributed by atoms with Gasteiger partial charge in [-0.3, -0.25) is 0 Å². The molecule has 7 heteroatoms. The van der Waals surface area contributed by atoms with Crippen LogP contribution in [0.2, 0.25) is 0 Å². The molecule has 25 heavy (non-hydrogen) atoms. The lowest BCUT2D eigenvalue weighted by atomic mass is 9.93. The van der Waals surface area contributed by atoms with Gasteiger partial charge >= 0.3 is 6.09 Å². The topological polar surface area (TPSA) is 96.1 Å². The van der Waals surface area contributed by atoms with E-state index in [1.807, 2.05) is 6.20 Å². The van der Waals surface area contributed by atoms with Crippen LogP contribution in [0.3, 0.4) is 0 Å². The summed E-state index contributed by atoms with van der Waals surface area (Å²) in [6.07, 6.45) is 9.45. The Hall–Kier alpha value is -1.89. The predicted molar refractivity (Wildman–Crippen MR) is 99.7 cm³/mol. The molecule has 0 unspecified atom stereocenters. The molecule has 1 amide bonds. The maximum absolute atomic E-state index is 10.1. The van der Waals surface area contributed by atoms with Gasteiger partial charge in [0, 0.05) is 23.9 Å². The zero-order valence-corrected chi connectivity index (χ0v) is 16.3. The normalized spacial score (nSPS) is 14.4. The minimum absolute atomic E-state index is 0.00662. The molecule has 0 bridgehead atoms. The van der Waals surface area contributed by atoms with E-state index in [1.54, 1.807) is 0 Å². The lowest BCUT2D eigenvalue weighted by Crippen LogP contribution is -2.42. The maximum atomic E-state index is 10.1. The summed E-state index contributed by atoms with van der Waals surface area (Å²) >= 11 is 0. The van der Waals surface area contributed by atoms with Crippen LogP contribution in [0.4, 0.5) is 4.79 Å². The summed E-state index contributed by atoms with van der Waals surface area (Å²) in [5.74, 6) is 1.12. The summed E-state index contributed by atoms with van der Waals surface area (Å²) in [4.78, 5) is 27.3. The first-order chi connectivity index (χ1) is 12.0. The van der Waals surface area contributed by atoms with Crippen LogP contribution in [0.25, 0.3) is 0 Å². The number of nitrogens with one attached hydrogen (secondary N) is 3. The van der Waals surface area contributed by atoms with Gasteiger partial charge in [0.05, 0.1) is 13.7 Å². The quantitative estimate of drug-likeness (QED) is 0.707. The van der Waals surface area contributed by atoms with Gasteiger partial charge in [-0.05, 0) is 26.8 Å². The molecule has 1 aliphatic rings. The number of carbonyl (C=O) groups excluding carboxylic acids is 2. The first-order valence-corrected chi connectivity index (χ1v) is 8.91. The third-order valence-corrected chi connectivity index (χ3v) is 3.87. The number of rotatable bonds is 5. The van der Waals surface area contributed by atoms with Gasteiger partial charge in [-0.25, -0.2) is 9.78 Å². The molecule has 144 valence electrons. The maximum Gasteiger partial charge on any atom is 0.407 e. The summed E-state index contributed by atoms with van der Waals surface area (Å²) in [5.41, 5.74) is 1.47. The molecule has 7 nitrogen and oxygen atoms in total. The van der Waals surface area contributed by atoms with Crippen LogP contribution < -0.4 is 10.6 Å². The Labute approximate surface area is 151 Å². The molecule has 0 saturated heterocycles. The molecule has 1 aromatic heterocycles. The molecule has 2 rings (SSSR count). The van der Waals surface area contributed by atoms with Gasteiger partial charge in [-0.2, -0.15) is 0 Å². The third-order valence-electron chi connectivity index (χ3n) is 3.87. The van der Waals surface area contributed by atoms with Crippen LogP contribution in [-0.2, 0) is 16.0 Å². The highest BCUT2D eigenvalue weighted by Crippen LogP contribution is 2.31. The molecule has 0 atom stereocenters. The molecule has 0 radical (unpaired) electrons. The minimum atomic E-state index is -0.586. The second-order valence-electron chi connectivity index (χ2n) is 6.17. The summed E-state index contributed by atoms with van der Waals surface area (Å²) in [6, 6.07) is 0. The zero-order chi connectivity index (χ0) is 19.1. The van der Waals surface area contributed by atoms with E-state index >= 15 is 0 Å². The van der Waals surface area contributed by atoms with Crippen molar-refractivity contribution in [2.75, 3.05) is 20.7 Å². The number of likely N-dealkylation sites (N-methyl/N-ethyl adjacent to an activating group) is 1. The average Bonchev–Trinajstić information content (AvgIpc) is 3.24. The number of aryl methyl sites for hydroxylation is 1. The highest BCUT2D eigenvalue weighted by atomic mass is 16.5. The van der Waals surface area contributed by atoms with Gasteiger partial charge < -0.3 is 25.1 Å². The Bertz CT molecular complexity index is 482. The zero-order valence-electron chi connectivity index (χ0n) is 16.3. The molecule has 1 aliphatic carbocycles. The van der Waals surface area contributed by atoms with Gasteiger partial charge in [-0.15, -0.1) is 0 Å². The fraction of sp³-hybridized carbons (Fsp3) is 0.722. The van der Waals surface area contributed by atoms with Crippen LogP contribution in [-0.4, -0.2) is 48.6 Å². The second-order valence-corrected chi connectivity index (χ2v) is 6.17. The molecular formula is C18H34N4O3. The van der Waals surface area contributed by atoms with E-state index in [4.69, 9.17) is 0 Å². The summed E-state index contributed by atoms with van der Waals surface area (Å²) in [5, 5.41) is 5.63. The molecule has 0 aliphatic heterocycles. The number of H-pyrrole nitrogens is 1. The van der Waals surface area contributed by atoms with Gasteiger partial charge in [0.25, 0.3) is 0 Å². The number of amides is 1. The van der Waals surface area contributed by atoms with E-state index in [0.717, 1.165) is 17.9 Å². The first kappa shape index (κ1) is 23.1. The van der Waals surface area contributed by atoms with Gasteiger partial charge in [0.2, 0.25) is 0 Å². The summed E-state index contributed by atoms with van der Waals surface area (Å²) in [6.45, 7) is 6.31. The third kappa shape index (κ3) is 9.86. The van der Waals surface area contributed by atoms with Gasteiger partial charge in [0.15, 0.2) is 0 Å². The Morgan fingerprint density at radius 2 is 2.00 bits per heavy atom. The average molecular weight is 354 g/mol. The molecule has 1 fully saturated rings.